The van der Waals surface area contributed by atoms with Gasteiger partial charge in [-0.2, -0.15) is 11.8 Å². The average Bonchev–Trinajstić information content (AvgIpc) is 2.39. The molecule has 1 aliphatic heterocycles. The van der Waals surface area contributed by atoms with Gasteiger partial charge in [0.1, 0.15) is 5.60 Å². The molecule has 7 nitrogen and oxygen atoms in total. The van der Waals surface area contributed by atoms with Crippen molar-refractivity contribution in [2.75, 3.05) is 51.3 Å². The van der Waals surface area contributed by atoms with Crippen LogP contribution in [0.3, 0.4) is 0 Å². The molecule has 0 spiro atoms. The molecular weight excluding hydrogens is 304 g/mol. The summed E-state index contributed by atoms with van der Waals surface area (Å²) in [5.41, 5.74) is 2.42. The van der Waals surface area contributed by atoms with Gasteiger partial charge in [0.15, 0.2) is 0 Å². The molecule has 128 valence electrons. The standard InChI is InChI=1S/C14H28N4O3S/c1-14(2,3)21-13(20)15-5-10-22-11-12(19)16-18-8-6-17(4)7-9-18/h5-11H2,1-4H3,(H,15,20)(H,16,19). The van der Waals surface area contributed by atoms with Gasteiger partial charge in [0.2, 0.25) is 5.91 Å². The first-order valence-electron chi connectivity index (χ1n) is 7.54. The van der Waals surface area contributed by atoms with Crippen molar-refractivity contribution < 1.29 is 14.3 Å². The fraction of sp³-hybridized carbons (Fsp3) is 0.857. The van der Waals surface area contributed by atoms with Crippen LogP contribution >= 0.6 is 11.8 Å². The quantitative estimate of drug-likeness (QED) is 0.691. The Balaban J connectivity index is 2.02. The normalized spacial score (nSPS) is 17.1. The van der Waals surface area contributed by atoms with Gasteiger partial charge in [-0.1, -0.05) is 0 Å². The van der Waals surface area contributed by atoms with Gasteiger partial charge in [0.05, 0.1) is 5.75 Å². The molecule has 1 fully saturated rings. The Labute approximate surface area is 137 Å². The summed E-state index contributed by atoms with van der Waals surface area (Å²) in [6.07, 6.45) is -0.421. The van der Waals surface area contributed by atoms with Gasteiger partial charge in [0, 0.05) is 38.5 Å². The summed E-state index contributed by atoms with van der Waals surface area (Å²) in [5, 5.41) is 4.63. The lowest BCUT2D eigenvalue weighted by molar-refractivity contribution is -0.124. The van der Waals surface area contributed by atoms with Crippen molar-refractivity contribution in [3.05, 3.63) is 0 Å². The second kappa shape index (κ2) is 9.22. The smallest absolute Gasteiger partial charge is 0.407 e. The molecule has 0 aromatic rings. The average molecular weight is 332 g/mol. The van der Waals surface area contributed by atoms with Gasteiger partial charge in [-0.05, 0) is 27.8 Å². The number of amides is 2. The van der Waals surface area contributed by atoms with Crippen LogP contribution in [0, 0.1) is 0 Å². The summed E-state index contributed by atoms with van der Waals surface area (Å²) >= 11 is 1.49. The highest BCUT2D eigenvalue weighted by Gasteiger charge is 2.16. The number of hydrogen-bond acceptors (Lipinski definition) is 6. The van der Waals surface area contributed by atoms with Crippen LogP contribution in [-0.2, 0) is 9.53 Å². The predicted octanol–water partition coefficient (Wildman–Crippen LogP) is 0.523. The lowest BCUT2D eigenvalue weighted by atomic mass is 10.2. The number of hydrazine groups is 1. The third-order valence-corrected chi connectivity index (χ3v) is 3.89. The third-order valence-electron chi connectivity index (χ3n) is 2.93. The molecule has 0 unspecified atom stereocenters. The Kier molecular flexibility index (Phi) is 7.98. The molecule has 0 atom stereocenters. The van der Waals surface area contributed by atoms with Crippen LogP contribution in [0.2, 0.25) is 0 Å². The largest absolute Gasteiger partial charge is 0.444 e. The fourth-order valence-electron chi connectivity index (χ4n) is 1.83. The second-order valence-electron chi connectivity index (χ2n) is 6.31. The Morgan fingerprint density at radius 2 is 1.82 bits per heavy atom. The van der Waals surface area contributed by atoms with Crippen molar-refractivity contribution in [1.82, 2.24) is 20.7 Å². The Morgan fingerprint density at radius 1 is 1.18 bits per heavy atom. The van der Waals surface area contributed by atoms with Crippen molar-refractivity contribution in [2.24, 2.45) is 0 Å². The highest BCUT2D eigenvalue weighted by atomic mass is 32.2. The van der Waals surface area contributed by atoms with Gasteiger partial charge in [-0.25, -0.2) is 9.80 Å². The maximum Gasteiger partial charge on any atom is 0.407 e. The summed E-state index contributed by atoms with van der Waals surface area (Å²) < 4.78 is 5.13. The number of nitrogens with zero attached hydrogens (tertiary/aromatic N) is 2. The molecule has 0 aromatic carbocycles. The first-order valence-corrected chi connectivity index (χ1v) is 8.69. The molecule has 0 aromatic heterocycles. The molecule has 0 radical (unpaired) electrons. The van der Waals surface area contributed by atoms with Gasteiger partial charge < -0.3 is 15.0 Å². The van der Waals surface area contributed by atoms with Crippen molar-refractivity contribution in [3.8, 4) is 0 Å². The van der Waals surface area contributed by atoms with E-state index in [1.54, 1.807) is 0 Å². The molecule has 1 rings (SSSR count). The summed E-state index contributed by atoms with van der Waals surface area (Å²) in [6.45, 7) is 9.60. The molecular formula is C14H28N4O3S. The van der Waals surface area contributed by atoms with Crippen molar-refractivity contribution in [2.45, 2.75) is 26.4 Å². The summed E-state index contributed by atoms with van der Waals surface area (Å²) in [6, 6.07) is 0. The molecule has 0 aliphatic carbocycles. The minimum Gasteiger partial charge on any atom is -0.444 e. The molecule has 2 N–H and O–H groups in total. The fourth-order valence-corrected chi connectivity index (χ4v) is 2.47. The van der Waals surface area contributed by atoms with Gasteiger partial charge in [-0.3, -0.25) is 10.2 Å². The molecule has 1 aliphatic rings. The maximum atomic E-state index is 11.8. The van der Waals surface area contributed by atoms with Gasteiger partial charge in [0.25, 0.3) is 0 Å². The third kappa shape index (κ3) is 9.11. The van der Waals surface area contributed by atoms with Crippen LogP contribution < -0.4 is 10.7 Å². The number of hydrogen-bond donors (Lipinski definition) is 2. The Hall–Kier alpha value is -0.990. The monoisotopic (exact) mass is 332 g/mol. The van der Waals surface area contributed by atoms with E-state index in [0.29, 0.717) is 18.1 Å². The first-order chi connectivity index (χ1) is 10.3. The van der Waals surface area contributed by atoms with Crippen LogP contribution in [0.25, 0.3) is 0 Å². The number of nitrogens with one attached hydrogen (secondary N) is 2. The van der Waals surface area contributed by atoms with Crippen LogP contribution in [0.15, 0.2) is 0 Å². The molecule has 8 heteroatoms. The van der Waals surface area contributed by atoms with E-state index < -0.39 is 11.7 Å². The number of thioether (sulfide) groups is 1. The SMILES string of the molecule is CN1CCN(NC(=O)CSCCNC(=O)OC(C)(C)C)CC1. The van der Waals surface area contributed by atoms with E-state index in [1.807, 2.05) is 25.8 Å². The summed E-state index contributed by atoms with van der Waals surface area (Å²) in [5.74, 6) is 1.07. The zero-order chi connectivity index (χ0) is 16.6. The van der Waals surface area contributed by atoms with E-state index in [4.69, 9.17) is 4.74 Å². The van der Waals surface area contributed by atoms with Gasteiger partial charge >= 0.3 is 6.09 Å². The molecule has 0 saturated carbocycles. The summed E-state index contributed by atoms with van der Waals surface area (Å²) in [7, 11) is 2.08. The summed E-state index contributed by atoms with van der Waals surface area (Å²) in [4.78, 5) is 25.4. The maximum absolute atomic E-state index is 11.8. The topological polar surface area (TPSA) is 73.9 Å². The van der Waals surface area contributed by atoms with Crippen LogP contribution in [0.4, 0.5) is 4.79 Å². The minimum atomic E-state index is -0.486. The minimum absolute atomic E-state index is 0.00632. The zero-order valence-corrected chi connectivity index (χ0v) is 14.8. The molecule has 1 saturated heterocycles. The number of alkyl carbamates (subject to hydrolysis) is 1. The highest BCUT2D eigenvalue weighted by molar-refractivity contribution is 7.99. The predicted molar refractivity (Wildman–Crippen MR) is 88.8 cm³/mol. The Bertz CT molecular complexity index is 366. The number of piperazine rings is 1. The number of carbonyl (C=O) groups is 2. The first kappa shape index (κ1) is 19.1. The number of likely N-dealkylation sites (N-methyl/N-ethyl adjacent to an activating group) is 1. The van der Waals surface area contributed by atoms with Gasteiger partial charge in [-0.15, -0.1) is 0 Å². The zero-order valence-electron chi connectivity index (χ0n) is 14.0. The number of ether oxygens (including phenoxy) is 1. The van der Waals surface area contributed by atoms with E-state index in [2.05, 4.69) is 22.7 Å². The molecule has 2 amide bonds. The van der Waals surface area contributed by atoms with E-state index >= 15 is 0 Å². The van der Waals surface area contributed by atoms with E-state index in [0.717, 1.165) is 26.2 Å². The van der Waals surface area contributed by atoms with E-state index in [9.17, 15) is 9.59 Å². The van der Waals surface area contributed by atoms with Crippen LogP contribution in [-0.4, -0.2) is 78.8 Å². The molecule has 22 heavy (non-hydrogen) atoms. The number of rotatable bonds is 6. The van der Waals surface area contributed by atoms with E-state index in [1.165, 1.54) is 11.8 Å². The van der Waals surface area contributed by atoms with Crippen molar-refractivity contribution in [3.63, 3.8) is 0 Å². The van der Waals surface area contributed by atoms with E-state index in [-0.39, 0.29) is 5.91 Å². The van der Waals surface area contributed by atoms with Crippen molar-refractivity contribution >= 4 is 23.8 Å². The molecule has 1 heterocycles. The molecule has 0 bridgehead atoms. The lowest BCUT2D eigenvalue weighted by Gasteiger charge is -2.32. The second-order valence-corrected chi connectivity index (χ2v) is 7.41. The highest BCUT2D eigenvalue weighted by Crippen LogP contribution is 2.06. The Morgan fingerprint density at radius 3 is 2.41 bits per heavy atom. The lowest BCUT2D eigenvalue weighted by Crippen LogP contribution is -2.53. The van der Waals surface area contributed by atoms with Crippen LogP contribution in [0.5, 0.6) is 0 Å². The van der Waals surface area contributed by atoms with Crippen LogP contribution in [0.1, 0.15) is 20.8 Å². The number of carbonyl (C=O) groups excluding carboxylic acids is 2. The van der Waals surface area contributed by atoms with Crippen molar-refractivity contribution in [1.29, 1.82) is 0 Å².